The van der Waals surface area contributed by atoms with Crippen LogP contribution in [0.2, 0.25) is 0 Å². The highest BCUT2D eigenvalue weighted by Crippen LogP contribution is 2.21. The van der Waals surface area contributed by atoms with Crippen molar-refractivity contribution in [3.8, 4) is 0 Å². The predicted octanol–water partition coefficient (Wildman–Crippen LogP) is 4.24. The summed E-state index contributed by atoms with van der Waals surface area (Å²) < 4.78 is 5.87. The lowest BCUT2D eigenvalue weighted by Crippen LogP contribution is -2.44. The van der Waals surface area contributed by atoms with Gasteiger partial charge in [-0.15, -0.1) is 0 Å². The van der Waals surface area contributed by atoms with Gasteiger partial charge >= 0.3 is 0 Å². The third-order valence-corrected chi connectivity index (χ3v) is 6.55. The summed E-state index contributed by atoms with van der Waals surface area (Å²) in [6, 6.07) is 16.5. The minimum absolute atomic E-state index is 0.0596. The molecule has 0 aliphatic carbocycles. The molecule has 1 aliphatic rings. The van der Waals surface area contributed by atoms with Crippen LogP contribution in [0.25, 0.3) is 10.9 Å². The smallest absolute Gasteiger partial charge is 0.253 e. The lowest BCUT2D eigenvalue weighted by molar-refractivity contribution is 0.0897. The van der Waals surface area contributed by atoms with E-state index in [1.54, 1.807) is 0 Å². The van der Waals surface area contributed by atoms with Crippen LogP contribution in [0, 0.1) is 13.8 Å². The summed E-state index contributed by atoms with van der Waals surface area (Å²) in [6.45, 7) is 6.77. The molecule has 0 spiro atoms. The Bertz CT molecular complexity index is 1140. The van der Waals surface area contributed by atoms with E-state index in [1.165, 1.54) is 5.56 Å². The number of aromatic nitrogens is 1. The second-order valence-electron chi connectivity index (χ2n) is 8.59. The fraction of sp³-hybridized carbons (Fsp3) is 0.385. The number of hydrogen-bond donors (Lipinski definition) is 2. The second-order valence-corrected chi connectivity index (χ2v) is 8.98. The Morgan fingerprint density at radius 3 is 2.72 bits per heavy atom. The Kier molecular flexibility index (Phi) is 7.22. The van der Waals surface area contributed by atoms with Gasteiger partial charge < -0.3 is 19.9 Å². The van der Waals surface area contributed by atoms with E-state index in [0.717, 1.165) is 60.0 Å². The van der Waals surface area contributed by atoms with Gasteiger partial charge in [0.2, 0.25) is 0 Å². The molecule has 1 aliphatic heterocycles. The van der Waals surface area contributed by atoms with Gasteiger partial charge in [0.1, 0.15) is 0 Å². The van der Waals surface area contributed by atoms with Crippen molar-refractivity contribution in [3.63, 3.8) is 0 Å². The van der Waals surface area contributed by atoms with Crippen molar-refractivity contribution in [3.05, 3.63) is 81.1 Å². The molecular weight excluding hydrogens is 418 g/mol. The largest absolute Gasteiger partial charge is 0.376 e. The zero-order valence-corrected chi connectivity index (χ0v) is 19.6. The van der Waals surface area contributed by atoms with Gasteiger partial charge in [-0.1, -0.05) is 42.5 Å². The van der Waals surface area contributed by atoms with E-state index in [9.17, 15) is 4.79 Å². The van der Waals surface area contributed by atoms with Gasteiger partial charge in [-0.05, 0) is 68.1 Å². The van der Waals surface area contributed by atoms with Crippen LogP contribution < -0.4 is 10.9 Å². The van der Waals surface area contributed by atoms with Crippen molar-refractivity contribution < 1.29 is 4.74 Å². The van der Waals surface area contributed by atoms with Gasteiger partial charge in [0.05, 0.1) is 18.2 Å². The molecule has 2 aromatic carbocycles. The molecule has 0 bridgehead atoms. The standard InChI is InChI=1S/C26H31N3O2S/c1-18-10-11-19(2)24-23(18)15-21(25(30)28-24)16-29(17-22-9-6-14-31-22)26(32)27-13-12-20-7-4-3-5-8-20/h3-5,7-8,10-11,15,22H,6,9,12-14,16-17H2,1-2H3,(H,27,32)(H,28,30)/t22-/m0/s1. The number of nitrogens with zero attached hydrogens (tertiary/aromatic N) is 1. The lowest BCUT2D eigenvalue weighted by Gasteiger charge is -2.28. The first-order valence-electron chi connectivity index (χ1n) is 11.3. The number of aromatic amines is 1. The van der Waals surface area contributed by atoms with Crippen LogP contribution in [-0.4, -0.2) is 40.8 Å². The SMILES string of the molecule is Cc1ccc(C)c2[nH]c(=O)c(CN(C[C@@H]3CCCO3)C(=S)NCCc3ccccc3)cc12. The van der Waals surface area contributed by atoms with Crippen LogP contribution in [0.5, 0.6) is 0 Å². The van der Waals surface area contributed by atoms with Crippen LogP contribution in [0.4, 0.5) is 0 Å². The summed E-state index contributed by atoms with van der Waals surface area (Å²) in [5.74, 6) is 0. The quantitative estimate of drug-likeness (QED) is 0.529. The number of ether oxygens (including phenoxy) is 1. The van der Waals surface area contributed by atoms with Crippen LogP contribution in [0.1, 0.15) is 35.1 Å². The topological polar surface area (TPSA) is 57.4 Å². The molecule has 32 heavy (non-hydrogen) atoms. The maximum absolute atomic E-state index is 12.9. The van der Waals surface area contributed by atoms with E-state index in [-0.39, 0.29) is 11.7 Å². The van der Waals surface area contributed by atoms with E-state index in [2.05, 4.69) is 40.3 Å². The molecule has 2 N–H and O–H groups in total. The molecule has 0 radical (unpaired) electrons. The van der Waals surface area contributed by atoms with Crippen LogP contribution in [0.3, 0.4) is 0 Å². The van der Waals surface area contributed by atoms with Crippen LogP contribution in [0.15, 0.2) is 53.3 Å². The van der Waals surface area contributed by atoms with E-state index in [1.807, 2.05) is 37.3 Å². The summed E-state index contributed by atoms with van der Waals surface area (Å²) in [7, 11) is 0. The van der Waals surface area contributed by atoms with E-state index in [4.69, 9.17) is 17.0 Å². The lowest BCUT2D eigenvalue weighted by atomic mass is 10.0. The number of thiocarbonyl (C=S) groups is 1. The maximum Gasteiger partial charge on any atom is 0.253 e. The van der Waals surface area contributed by atoms with Crippen molar-refractivity contribution in [2.45, 2.75) is 45.8 Å². The molecule has 168 valence electrons. The summed E-state index contributed by atoms with van der Waals surface area (Å²) in [5, 5.41) is 5.14. The molecule has 1 fully saturated rings. The minimum atomic E-state index is -0.0596. The zero-order chi connectivity index (χ0) is 22.5. The number of rotatable bonds is 7. The number of benzene rings is 2. The van der Waals surface area contributed by atoms with Gasteiger partial charge in [-0.2, -0.15) is 0 Å². The number of nitrogens with one attached hydrogen (secondary N) is 2. The highest BCUT2D eigenvalue weighted by atomic mass is 32.1. The third kappa shape index (κ3) is 5.37. The first kappa shape index (κ1) is 22.5. The van der Waals surface area contributed by atoms with Crippen molar-refractivity contribution in [1.29, 1.82) is 0 Å². The van der Waals surface area contributed by atoms with Crippen LogP contribution in [-0.2, 0) is 17.7 Å². The molecule has 5 nitrogen and oxygen atoms in total. The normalized spacial score (nSPS) is 15.8. The number of hydrogen-bond acceptors (Lipinski definition) is 3. The first-order chi connectivity index (χ1) is 15.5. The average molecular weight is 450 g/mol. The molecule has 1 atom stereocenters. The van der Waals surface area contributed by atoms with Gasteiger partial charge in [0.15, 0.2) is 5.11 Å². The molecule has 4 rings (SSSR count). The summed E-state index contributed by atoms with van der Waals surface area (Å²) in [4.78, 5) is 18.1. The second kappa shape index (κ2) is 10.3. The molecular formula is C26H31N3O2S. The molecule has 1 aromatic heterocycles. The Morgan fingerprint density at radius 1 is 1.19 bits per heavy atom. The predicted molar refractivity (Wildman–Crippen MR) is 134 cm³/mol. The summed E-state index contributed by atoms with van der Waals surface area (Å²) in [5.41, 5.74) is 5.06. The van der Waals surface area contributed by atoms with Crippen LogP contribution >= 0.6 is 12.2 Å². The van der Waals surface area contributed by atoms with Gasteiger partial charge in [0, 0.05) is 30.6 Å². The Labute approximate surface area is 194 Å². The number of pyridine rings is 1. The van der Waals surface area contributed by atoms with Gasteiger partial charge in [-0.3, -0.25) is 4.79 Å². The Hall–Kier alpha value is -2.70. The maximum atomic E-state index is 12.9. The monoisotopic (exact) mass is 449 g/mol. The van der Waals surface area contributed by atoms with E-state index < -0.39 is 0 Å². The molecule has 0 saturated carbocycles. The van der Waals surface area contributed by atoms with Gasteiger partial charge in [0.25, 0.3) is 5.56 Å². The summed E-state index contributed by atoms with van der Waals surface area (Å²) in [6.07, 6.45) is 3.13. The fourth-order valence-corrected chi connectivity index (χ4v) is 4.51. The summed E-state index contributed by atoms with van der Waals surface area (Å²) >= 11 is 5.76. The Morgan fingerprint density at radius 2 is 1.97 bits per heavy atom. The molecule has 1 saturated heterocycles. The average Bonchev–Trinajstić information content (AvgIpc) is 3.30. The molecule has 0 amide bonds. The van der Waals surface area contributed by atoms with Crippen molar-refractivity contribution in [2.24, 2.45) is 0 Å². The van der Waals surface area contributed by atoms with Crippen molar-refractivity contribution in [2.75, 3.05) is 19.7 Å². The number of H-pyrrole nitrogens is 1. The Balaban J connectivity index is 1.52. The first-order valence-corrected chi connectivity index (χ1v) is 11.7. The molecule has 6 heteroatoms. The highest BCUT2D eigenvalue weighted by Gasteiger charge is 2.22. The minimum Gasteiger partial charge on any atom is -0.376 e. The van der Waals surface area contributed by atoms with E-state index in [0.29, 0.717) is 18.2 Å². The van der Waals surface area contributed by atoms with Crippen molar-refractivity contribution >= 4 is 28.2 Å². The number of fused-ring (bicyclic) bond motifs is 1. The zero-order valence-electron chi connectivity index (χ0n) is 18.8. The molecule has 2 heterocycles. The van der Waals surface area contributed by atoms with E-state index >= 15 is 0 Å². The van der Waals surface area contributed by atoms with Gasteiger partial charge in [-0.25, -0.2) is 0 Å². The van der Waals surface area contributed by atoms with Crippen molar-refractivity contribution in [1.82, 2.24) is 15.2 Å². The highest BCUT2D eigenvalue weighted by molar-refractivity contribution is 7.80. The number of aryl methyl sites for hydroxylation is 2. The molecule has 3 aromatic rings. The molecule has 0 unspecified atom stereocenters. The fourth-order valence-electron chi connectivity index (χ4n) is 4.26. The third-order valence-electron chi connectivity index (χ3n) is 6.15.